The van der Waals surface area contributed by atoms with Crippen LogP contribution in [0.2, 0.25) is 0 Å². The van der Waals surface area contributed by atoms with E-state index in [-0.39, 0.29) is 44.2 Å². The topological polar surface area (TPSA) is 80.3 Å². The Morgan fingerprint density at radius 2 is 1.12 bits per heavy atom. The minimum atomic E-state index is -4.13. The molecule has 0 bridgehead atoms. The molecule has 0 heterocycles. The molecule has 0 fully saturated rings. The van der Waals surface area contributed by atoms with Gasteiger partial charge < -0.3 is 0 Å². The molecule has 0 saturated heterocycles. The van der Waals surface area contributed by atoms with Crippen LogP contribution in [0.5, 0.6) is 0 Å². The van der Waals surface area contributed by atoms with Gasteiger partial charge in [0.25, 0.3) is 0 Å². The molecular weight excluding hydrogens is 378 g/mol. The summed E-state index contributed by atoms with van der Waals surface area (Å²) in [6, 6.07) is 0. The number of hydrogen-bond donors (Lipinski definition) is 0. The first kappa shape index (κ1) is 26.0. The van der Waals surface area contributed by atoms with E-state index in [4.69, 9.17) is 22.4 Å². The van der Waals surface area contributed by atoms with Crippen LogP contribution >= 0.6 is 15.6 Å². The average Bonchev–Trinajstić information content (AvgIpc) is 2.49. The van der Waals surface area contributed by atoms with Crippen molar-refractivity contribution in [3.8, 4) is 0 Å². The molecule has 0 aliphatic carbocycles. The first-order chi connectivity index (χ1) is 11.9. The predicted octanol–water partition coefficient (Wildman–Crippen LogP) is 6.22. The lowest BCUT2D eigenvalue weighted by atomic mass is 10.2. The molecule has 0 amide bonds. The van der Waals surface area contributed by atoms with Crippen LogP contribution in [-0.2, 0) is 31.5 Å². The Balaban J connectivity index is 5.24. The highest BCUT2D eigenvalue weighted by atomic mass is 31.3. The summed E-state index contributed by atoms with van der Waals surface area (Å²) in [5.41, 5.74) is 0.857. The highest BCUT2D eigenvalue weighted by Gasteiger charge is 2.41. The van der Waals surface area contributed by atoms with Crippen molar-refractivity contribution in [1.29, 1.82) is 0 Å². The van der Waals surface area contributed by atoms with E-state index < -0.39 is 15.6 Å². The molecule has 7 nitrogen and oxygen atoms in total. The van der Waals surface area contributed by atoms with Gasteiger partial charge in [-0.3, -0.25) is 18.1 Å². The van der Waals surface area contributed by atoms with Crippen molar-refractivity contribution in [3.05, 3.63) is 12.2 Å². The third kappa shape index (κ3) is 13.2. The summed E-state index contributed by atoms with van der Waals surface area (Å²) in [6.07, 6.45) is 0.475. The molecule has 0 aliphatic rings. The van der Waals surface area contributed by atoms with E-state index in [2.05, 4.69) is 6.58 Å². The molecule has 0 spiro atoms. The molecule has 1 atom stereocenters. The van der Waals surface area contributed by atoms with Crippen LogP contribution < -0.4 is 0 Å². The number of phosphoric ester groups is 2. The molecule has 0 N–H and O–H groups in total. The Kier molecular flexibility index (Phi) is 12.5. The van der Waals surface area contributed by atoms with E-state index in [1.165, 1.54) is 0 Å². The van der Waals surface area contributed by atoms with E-state index in [9.17, 15) is 9.13 Å². The van der Waals surface area contributed by atoms with Gasteiger partial charge in [0.2, 0.25) is 0 Å². The fourth-order valence-electron chi connectivity index (χ4n) is 1.34. The van der Waals surface area contributed by atoms with Crippen LogP contribution in [0.1, 0.15) is 54.9 Å². The number of phosphoric acid groups is 2. The molecular formula is C17H36O7P2. The van der Waals surface area contributed by atoms with E-state index in [1.54, 1.807) is 0 Å². The van der Waals surface area contributed by atoms with Crippen molar-refractivity contribution < 1.29 is 31.5 Å². The molecule has 9 heteroatoms. The molecule has 0 aromatic carbocycles. The van der Waals surface area contributed by atoms with E-state index >= 15 is 0 Å². The Hall–Kier alpha value is -0.0000000000000000416. The van der Waals surface area contributed by atoms with E-state index in [1.807, 2.05) is 48.5 Å². The van der Waals surface area contributed by atoms with Crippen molar-refractivity contribution in [3.63, 3.8) is 0 Å². The monoisotopic (exact) mass is 414 g/mol. The molecule has 1 unspecified atom stereocenters. The molecule has 0 saturated carbocycles. The summed E-state index contributed by atoms with van der Waals surface area (Å²) in [5.74, 6) is 0.272. The summed E-state index contributed by atoms with van der Waals surface area (Å²) in [5, 5.41) is 0. The maximum Gasteiger partial charge on any atom is 0.483 e. The quantitative estimate of drug-likeness (QED) is 0.232. The van der Waals surface area contributed by atoms with Gasteiger partial charge in [0.15, 0.2) is 0 Å². The number of rotatable bonds is 15. The lowest BCUT2D eigenvalue weighted by molar-refractivity contribution is 0.0936. The minimum Gasteiger partial charge on any atom is -0.286 e. The molecule has 0 aromatic heterocycles. The SMILES string of the molecule is C=C(C)CCOP(=O)(OCC(C)C)OP(=O)(OCC(C)C)OCC(C)C. The number of hydrogen-bond acceptors (Lipinski definition) is 7. The molecule has 0 aromatic rings. The Morgan fingerprint density at radius 3 is 1.42 bits per heavy atom. The lowest BCUT2D eigenvalue weighted by Gasteiger charge is -2.24. The second-order valence-electron chi connectivity index (χ2n) is 7.59. The van der Waals surface area contributed by atoms with Gasteiger partial charge in [-0.1, -0.05) is 47.1 Å². The smallest absolute Gasteiger partial charge is 0.286 e. The zero-order chi connectivity index (χ0) is 20.4. The van der Waals surface area contributed by atoms with Gasteiger partial charge in [-0.2, -0.15) is 4.31 Å². The van der Waals surface area contributed by atoms with Gasteiger partial charge >= 0.3 is 15.6 Å². The van der Waals surface area contributed by atoms with Gasteiger partial charge in [-0.15, -0.1) is 6.58 Å². The third-order valence-corrected chi connectivity index (χ3v) is 6.17. The average molecular weight is 414 g/mol. The van der Waals surface area contributed by atoms with Crippen LogP contribution in [-0.4, -0.2) is 26.4 Å². The van der Waals surface area contributed by atoms with Crippen LogP contribution in [0.3, 0.4) is 0 Å². The van der Waals surface area contributed by atoms with Crippen molar-refractivity contribution >= 4 is 15.6 Å². The summed E-state index contributed by atoms with van der Waals surface area (Å²) >= 11 is 0. The van der Waals surface area contributed by atoms with Gasteiger partial charge in [0, 0.05) is 0 Å². The maximum atomic E-state index is 13.0. The first-order valence-electron chi connectivity index (χ1n) is 9.01. The van der Waals surface area contributed by atoms with Crippen molar-refractivity contribution in [1.82, 2.24) is 0 Å². The van der Waals surface area contributed by atoms with E-state index in [0.29, 0.717) is 6.42 Å². The van der Waals surface area contributed by atoms with E-state index in [0.717, 1.165) is 5.57 Å². The summed E-state index contributed by atoms with van der Waals surface area (Å²) in [4.78, 5) is 0. The van der Waals surface area contributed by atoms with Crippen LogP contribution in [0, 0.1) is 17.8 Å². The maximum absolute atomic E-state index is 13.0. The Labute approximate surface area is 159 Å². The molecule has 26 heavy (non-hydrogen) atoms. The van der Waals surface area contributed by atoms with Crippen LogP contribution in [0.4, 0.5) is 0 Å². The first-order valence-corrected chi connectivity index (χ1v) is 11.9. The second kappa shape index (κ2) is 12.5. The van der Waals surface area contributed by atoms with Gasteiger partial charge in [0.1, 0.15) is 0 Å². The Bertz CT molecular complexity index is 487. The van der Waals surface area contributed by atoms with Gasteiger partial charge in [-0.05, 0) is 31.1 Å². The summed E-state index contributed by atoms with van der Waals surface area (Å²) in [7, 11) is -8.23. The van der Waals surface area contributed by atoms with Crippen LogP contribution in [0.25, 0.3) is 0 Å². The predicted molar refractivity (Wildman–Crippen MR) is 104 cm³/mol. The fraction of sp³-hybridized carbons (Fsp3) is 0.882. The van der Waals surface area contributed by atoms with Crippen molar-refractivity contribution in [2.75, 3.05) is 26.4 Å². The molecule has 0 aliphatic heterocycles. The van der Waals surface area contributed by atoms with Crippen LogP contribution in [0.15, 0.2) is 12.2 Å². The normalized spacial score (nSPS) is 15.0. The molecule has 0 radical (unpaired) electrons. The van der Waals surface area contributed by atoms with Crippen molar-refractivity contribution in [2.45, 2.75) is 54.9 Å². The largest absolute Gasteiger partial charge is 0.483 e. The molecule has 156 valence electrons. The zero-order valence-electron chi connectivity index (χ0n) is 17.2. The zero-order valence-corrected chi connectivity index (χ0v) is 19.0. The molecule has 0 rings (SSSR count). The van der Waals surface area contributed by atoms with Crippen molar-refractivity contribution in [2.24, 2.45) is 17.8 Å². The standard InChI is InChI=1S/C17H36O7P2/c1-14(2)9-10-20-25(18,21-11-15(3)4)24-26(19,22-12-16(5)6)23-13-17(7)8/h15-17H,1,9-13H2,2-8H3. The highest BCUT2D eigenvalue weighted by molar-refractivity contribution is 7.62. The fourth-order valence-corrected chi connectivity index (χ4v) is 4.98. The summed E-state index contributed by atoms with van der Waals surface area (Å²) < 4.78 is 52.5. The van der Waals surface area contributed by atoms with Gasteiger partial charge in [-0.25, -0.2) is 9.13 Å². The van der Waals surface area contributed by atoms with Gasteiger partial charge in [0.05, 0.1) is 26.4 Å². The second-order valence-corrected chi connectivity index (χ2v) is 11.1. The lowest BCUT2D eigenvalue weighted by Crippen LogP contribution is -2.11. The minimum absolute atomic E-state index is 0.0685. The Morgan fingerprint density at radius 1 is 0.769 bits per heavy atom. The summed E-state index contributed by atoms with van der Waals surface area (Å²) in [6.45, 7) is 17.4. The third-order valence-electron chi connectivity index (χ3n) is 2.68. The highest BCUT2D eigenvalue weighted by Crippen LogP contribution is 2.66.